The molecule has 0 saturated carbocycles. The summed E-state index contributed by atoms with van der Waals surface area (Å²) in [4.78, 5) is 27.4. The number of carbonyl (C=O) groups excluding carboxylic acids is 2. The van der Waals surface area contributed by atoms with Crippen LogP contribution in [0, 0.1) is 0 Å². The first kappa shape index (κ1) is 15.3. The molecule has 6 heteroatoms. The number of hydrogen-bond acceptors (Lipinski definition) is 4. The Balaban J connectivity index is 1.96. The number of likely N-dealkylation sites (N-methyl/N-ethyl adjacent to an activating group) is 1. The van der Waals surface area contributed by atoms with E-state index >= 15 is 0 Å². The quantitative estimate of drug-likeness (QED) is 0.802. The Morgan fingerprint density at radius 3 is 2.71 bits per heavy atom. The average Bonchev–Trinajstić information content (AvgIpc) is 2.54. The number of amides is 2. The van der Waals surface area contributed by atoms with E-state index in [1.807, 2.05) is 24.3 Å². The molecule has 2 rings (SSSR count). The Labute approximate surface area is 124 Å². The maximum Gasteiger partial charge on any atom is 0.312 e. The minimum atomic E-state index is -0.472. The zero-order valence-corrected chi connectivity index (χ0v) is 12.5. The van der Waals surface area contributed by atoms with Gasteiger partial charge in [-0.25, -0.2) is 0 Å². The molecule has 0 spiro atoms. The highest BCUT2D eigenvalue weighted by Crippen LogP contribution is 2.14. The lowest BCUT2D eigenvalue weighted by Crippen LogP contribution is -2.51. The second kappa shape index (κ2) is 7.08. The third kappa shape index (κ3) is 3.95. The van der Waals surface area contributed by atoms with Gasteiger partial charge in [-0.2, -0.15) is 0 Å². The van der Waals surface area contributed by atoms with Crippen molar-refractivity contribution in [2.45, 2.75) is 6.54 Å². The molecule has 21 heavy (non-hydrogen) atoms. The molecule has 1 aromatic carbocycles. The minimum Gasteiger partial charge on any atom is -0.497 e. The molecule has 0 atom stereocenters. The first-order chi connectivity index (χ1) is 10.1. The molecule has 1 aliphatic heterocycles. The number of hydrogen-bond donors (Lipinski definition) is 1. The van der Waals surface area contributed by atoms with Crippen LogP contribution < -0.4 is 10.1 Å². The lowest BCUT2D eigenvalue weighted by Gasteiger charge is -2.28. The van der Waals surface area contributed by atoms with E-state index in [0.29, 0.717) is 19.6 Å². The Hall–Kier alpha value is -2.08. The summed E-state index contributed by atoms with van der Waals surface area (Å²) in [5.41, 5.74) is 0.929. The fraction of sp³-hybridized carbons (Fsp3) is 0.467. The van der Waals surface area contributed by atoms with Crippen LogP contribution in [-0.4, -0.2) is 62.0 Å². The van der Waals surface area contributed by atoms with Crippen molar-refractivity contribution in [1.29, 1.82) is 0 Å². The molecule has 1 aliphatic rings. The molecule has 1 fully saturated rings. The number of benzene rings is 1. The summed E-state index contributed by atoms with van der Waals surface area (Å²) in [5.74, 6) is -0.164. The van der Waals surface area contributed by atoms with Gasteiger partial charge >= 0.3 is 11.8 Å². The maximum absolute atomic E-state index is 12.2. The lowest BCUT2D eigenvalue weighted by molar-refractivity contribution is -0.151. The van der Waals surface area contributed by atoms with Crippen LogP contribution in [0.3, 0.4) is 0 Å². The number of piperazine rings is 1. The molecule has 0 bridgehead atoms. The van der Waals surface area contributed by atoms with Crippen molar-refractivity contribution in [2.24, 2.45) is 0 Å². The molecule has 0 radical (unpaired) electrons. The normalized spacial score (nSPS) is 14.7. The van der Waals surface area contributed by atoms with Crippen molar-refractivity contribution in [3.63, 3.8) is 0 Å². The van der Waals surface area contributed by atoms with Crippen LogP contribution in [0.5, 0.6) is 5.75 Å². The summed E-state index contributed by atoms with van der Waals surface area (Å²) in [5, 5.41) is 3.16. The van der Waals surface area contributed by atoms with Crippen LogP contribution in [0.25, 0.3) is 0 Å². The van der Waals surface area contributed by atoms with Crippen LogP contribution in [0.4, 0.5) is 0 Å². The Morgan fingerprint density at radius 2 is 2.05 bits per heavy atom. The van der Waals surface area contributed by atoms with E-state index in [4.69, 9.17) is 4.74 Å². The number of carbonyl (C=O) groups is 2. The highest BCUT2D eigenvalue weighted by atomic mass is 16.5. The summed E-state index contributed by atoms with van der Waals surface area (Å²) in [6, 6.07) is 7.47. The van der Waals surface area contributed by atoms with Gasteiger partial charge in [0, 0.05) is 39.8 Å². The largest absolute Gasteiger partial charge is 0.497 e. The SMILES string of the molecule is COc1cccc(CN(C)C(=O)C(=O)N2CCNCC2)c1. The molecule has 0 aromatic heterocycles. The topological polar surface area (TPSA) is 61.9 Å². The predicted octanol–water partition coefficient (Wildman–Crippen LogP) is 0.0854. The van der Waals surface area contributed by atoms with Crippen molar-refractivity contribution in [2.75, 3.05) is 40.3 Å². The van der Waals surface area contributed by atoms with Gasteiger partial charge in [-0.3, -0.25) is 9.59 Å². The Bertz CT molecular complexity index is 513. The fourth-order valence-corrected chi connectivity index (χ4v) is 2.28. The van der Waals surface area contributed by atoms with Gasteiger partial charge in [0.1, 0.15) is 5.75 Å². The van der Waals surface area contributed by atoms with E-state index in [-0.39, 0.29) is 0 Å². The van der Waals surface area contributed by atoms with Gasteiger partial charge in [0.25, 0.3) is 0 Å². The van der Waals surface area contributed by atoms with E-state index in [1.54, 1.807) is 19.1 Å². The summed E-state index contributed by atoms with van der Waals surface area (Å²) in [6.07, 6.45) is 0. The summed E-state index contributed by atoms with van der Waals surface area (Å²) >= 11 is 0. The van der Waals surface area contributed by atoms with E-state index in [9.17, 15) is 9.59 Å². The van der Waals surface area contributed by atoms with E-state index < -0.39 is 11.8 Å². The number of methoxy groups -OCH3 is 1. The molecular weight excluding hydrogens is 270 g/mol. The monoisotopic (exact) mass is 291 g/mol. The Morgan fingerprint density at radius 1 is 1.33 bits per heavy atom. The number of rotatable bonds is 3. The predicted molar refractivity (Wildman–Crippen MR) is 78.9 cm³/mol. The van der Waals surface area contributed by atoms with Crippen LogP contribution >= 0.6 is 0 Å². The van der Waals surface area contributed by atoms with Crippen LogP contribution in [0.2, 0.25) is 0 Å². The maximum atomic E-state index is 12.2. The molecule has 1 N–H and O–H groups in total. The summed E-state index contributed by atoms with van der Waals surface area (Å²) in [6.45, 7) is 3.01. The number of ether oxygens (including phenoxy) is 1. The van der Waals surface area contributed by atoms with Crippen molar-refractivity contribution in [3.8, 4) is 5.75 Å². The molecule has 1 aromatic rings. The van der Waals surface area contributed by atoms with Gasteiger partial charge in [-0.1, -0.05) is 12.1 Å². The molecule has 6 nitrogen and oxygen atoms in total. The highest BCUT2D eigenvalue weighted by Gasteiger charge is 2.26. The smallest absolute Gasteiger partial charge is 0.312 e. The first-order valence-corrected chi connectivity index (χ1v) is 7.00. The molecule has 2 amide bonds. The van der Waals surface area contributed by atoms with E-state index in [2.05, 4.69) is 5.32 Å². The Kier molecular flexibility index (Phi) is 5.16. The standard InChI is InChI=1S/C15H21N3O3/c1-17(11-12-4-3-5-13(10-12)21-2)14(19)15(20)18-8-6-16-7-9-18/h3-5,10,16H,6-9,11H2,1-2H3. The lowest BCUT2D eigenvalue weighted by atomic mass is 10.2. The molecule has 0 aliphatic carbocycles. The van der Waals surface area contributed by atoms with Crippen molar-refractivity contribution >= 4 is 11.8 Å². The van der Waals surface area contributed by atoms with Crippen molar-refractivity contribution in [1.82, 2.24) is 15.1 Å². The minimum absolute atomic E-state index is 0.383. The third-order valence-corrected chi connectivity index (χ3v) is 3.49. The molecule has 0 unspecified atom stereocenters. The zero-order chi connectivity index (χ0) is 15.2. The van der Waals surface area contributed by atoms with Crippen LogP contribution in [-0.2, 0) is 16.1 Å². The first-order valence-electron chi connectivity index (χ1n) is 7.00. The number of nitrogens with one attached hydrogen (secondary N) is 1. The van der Waals surface area contributed by atoms with E-state index in [1.165, 1.54) is 4.90 Å². The highest BCUT2D eigenvalue weighted by molar-refractivity contribution is 6.34. The zero-order valence-electron chi connectivity index (χ0n) is 12.5. The van der Waals surface area contributed by atoms with Gasteiger partial charge in [0.15, 0.2) is 0 Å². The summed E-state index contributed by atoms with van der Waals surface area (Å²) < 4.78 is 5.15. The van der Waals surface area contributed by atoms with Crippen LogP contribution in [0.1, 0.15) is 5.56 Å². The second-order valence-electron chi connectivity index (χ2n) is 5.05. The third-order valence-electron chi connectivity index (χ3n) is 3.49. The molecule has 1 heterocycles. The van der Waals surface area contributed by atoms with Gasteiger partial charge in [0.05, 0.1) is 7.11 Å². The second-order valence-corrected chi connectivity index (χ2v) is 5.05. The van der Waals surface area contributed by atoms with Gasteiger partial charge in [-0.15, -0.1) is 0 Å². The number of nitrogens with zero attached hydrogens (tertiary/aromatic N) is 2. The van der Waals surface area contributed by atoms with Crippen molar-refractivity contribution in [3.05, 3.63) is 29.8 Å². The van der Waals surface area contributed by atoms with Crippen LogP contribution in [0.15, 0.2) is 24.3 Å². The fourth-order valence-electron chi connectivity index (χ4n) is 2.28. The van der Waals surface area contributed by atoms with Gasteiger partial charge in [0.2, 0.25) is 0 Å². The average molecular weight is 291 g/mol. The van der Waals surface area contributed by atoms with E-state index in [0.717, 1.165) is 24.4 Å². The molecular formula is C15H21N3O3. The molecule has 114 valence electrons. The van der Waals surface area contributed by atoms with Gasteiger partial charge < -0.3 is 19.9 Å². The summed E-state index contributed by atoms with van der Waals surface area (Å²) in [7, 11) is 3.24. The van der Waals surface area contributed by atoms with Gasteiger partial charge in [-0.05, 0) is 17.7 Å². The van der Waals surface area contributed by atoms with Crippen molar-refractivity contribution < 1.29 is 14.3 Å². The molecule has 1 saturated heterocycles.